The van der Waals surface area contributed by atoms with Crippen molar-refractivity contribution in [3.8, 4) is 0 Å². The van der Waals surface area contributed by atoms with E-state index in [1.807, 2.05) is 19.9 Å². The number of esters is 1. The fourth-order valence-electron chi connectivity index (χ4n) is 3.35. The van der Waals surface area contributed by atoms with E-state index in [0.717, 1.165) is 0 Å². The number of ether oxygens (including phenoxy) is 3. The molecule has 1 aliphatic rings. The zero-order valence-corrected chi connectivity index (χ0v) is 21.8. The van der Waals surface area contributed by atoms with Crippen molar-refractivity contribution < 1.29 is 37.8 Å². The number of nitrogens with one attached hydrogen (secondary N) is 3. The third-order valence-corrected chi connectivity index (χ3v) is 5.11. The summed E-state index contributed by atoms with van der Waals surface area (Å²) in [6, 6.07) is -2.06. The molecule has 1 aromatic heterocycles. The van der Waals surface area contributed by atoms with Crippen LogP contribution in [0, 0.1) is 5.92 Å². The Bertz CT molecular complexity index is 979. The van der Waals surface area contributed by atoms with E-state index in [1.165, 1.54) is 14.0 Å². The van der Waals surface area contributed by atoms with Gasteiger partial charge in [0, 0.05) is 13.0 Å². The zero-order valence-electron chi connectivity index (χ0n) is 21.8. The molecular weight excluding hydrogens is 472 g/mol. The molecule has 0 unspecified atom stereocenters. The standard InChI is InChI=1S/C24H36N4O8/c1-13(2)16-20-27-18(21(30)33-7)15(35-20)11-9-8-10-12-25-22(31)34-14(3)17(19(29)26-16)28-23(32)36-24(4,5)6/h8,10,13-14,16-17H,9,11-12H2,1-7H3,(H,25,31)(H,26,29)(H,28,32)/t14-,16+,17+/m1/s1. The number of nitrogens with zero attached hydrogens (tertiary/aromatic N) is 1. The number of oxazole rings is 1. The third kappa shape index (κ3) is 8.28. The van der Waals surface area contributed by atoms with Crippen molar-refractivity contribution in [1.82, 2.24) is 20.9 Å². The summed E-state index contributed by atoms with van der Waals surface area (Å²) in [6.45, 7) is 10.3. The van der Waals surface area contributed by atoms with Crippen LogP contribution in [0.5, 0.6) is 0 Å². The summed E-state index contributed by atoms with van der Waals surface area (Å²) < 4.78 is 21.4. The molecule has 12 nitrogen and oxygen atoms in total. The largest absolute Gasteiger partial charge is 0.464 e. The molecular formula is C24H36N4O8. The summed E-state index contributed by atoms with van der Waals surface area (Å²) in [7, 11) is 1.24. The van der Waals surface area contributed by atoms with Crippen LogP contribution in [0.2, 0.25) is 0 Å². The van der Waals surface area contributed by atoms with Crippen molar-refractivity contribution in [3.05, 3.63) is 29.5 Å². The van der Waals surface area contributed by atoms with Crippen LogP contribution in [0.1, 0.15) is 76.1 Å². The highest BCUT2D eigenvalue weighted by atomic mass is 16.6. The first-order valence-corrected chi connectivity index (χ1v) is 11.8. The fourth-order valence-corrected chi connectivity index (χ4v) is 3.35. The molecule has 2 rings (SSSR count). The van der Waals surface area contributed by atoms with Crippen LogP contribution >= 0.6 is 0 Å². The number of cyclic esters (lactones) is 1. The zero-order chi connectivity index (χ0) is 27.0. The number of carbonyl (C=O) groups excluding carboxylic acids is 4. The van der Waals surface area contributed by atoms with Crippen LogP contribution in [-0.4, -0.2) is 60.4 Å². The number of aryl methyl sites for hydroxylation is 1. The van der Waals surface area contributed by atoms with Crippen LogP contribution in [0.4, 0.5) is 9.59 Å². The van der Waals surface area contributed by atoms with E-state index in [4.69, 9.17) is 18.6 Å². The minimum absolute atomic E-state index is 0.0264. The Balaban J connectivity index is 2.45. The first-order chi connectivity index (χ1) is 16.8. The lowest BCUT2D eigenvalue weighted by Gasteiger charge is -2.28. The Morgan fingerprint density at radius 2 is 1.92 bits per heavy atom. The number of hydrogen-bond acceptors (Lipinski definition) is 9. The third-order valence-electron chi connectivity index (χ3n) is 5.11. The van der Waals surface area contributed by atoms with E-state index < -0.39 is 47.9 Å². The molecule has 0 radical (unpaired) electrons. The number of allylic oxidation sites excluding steroid dienone is 1. The monoisotopic (exact) mass is 508 g/mol. The van der Waals surface area contributed by atoms with Crippen LogP contribution in [0.3, 0.4) is 0 Å². The second-order valence-corrected chi connectivity index (χ2v) is 9.67. The van der Waals surface area contributed by atoms with Gasteiger partial charge in [0.1, 0.15) is 29.5 Å². The van der Waals surface area contributed by atoms with Crippen LogP contribution in [-0.2, 0) is 25.4 Å². The summed E-state index contributed by atoms with van der Waals surface area (Å²) in [5, 5.41) is 7.83. The van der Waals surface area contributed by atoms with Crippen molar-refractivity contribution in [2.75, 3.05) is 13.7 Å². The number of carbonyl (C=O) groups is 4. The molecule has 2 heterocycles. The van der Waals surface area contributed by atoms with Gasteiger partial charge in [-0.05, 0) is 40.0 Å². The normalized spacial score (nSPS) is 21.7. The van der Waals surface area contributed by atoms with Gasteiger partial charge >= 0.3 is 18.2 Å². The first-order valence-electron chi connectivity index (χ1n) is 11.8. The van der Waals surface area contributed by atoms with Gasteiger partial charge in [-0.3, -0.25) is 4.79 Å². The highest BCUT2D eigenvalue weighted by Gasteiger charge is 2.35. The smallest absolute Gasteiger partial charge is 0.408 e. The highest BCUT2D eigenvalue weighted by molar-refractivity contribution is 5.88. The maximum Gasteiger partial charge on any atom is 0.408 e. The van der Waals surface area contributed by atoms with Gasteiger partial charge in [-0.25, -0.2) is 19.4 Å². The van der Waals surface area contributed by atoms with Gasteiger partial charge in [0.15, 0.2) is 5.69 Å². The van der Waals surface area contributed by atoms with Crippen molar-refractivity contribution in [2.24, 2.45) is 5.92 Å². The average molecular weight is 509 g/mol. The summed E-state index contributed by atoms with van der Waals surface area (Å²) in [4.78, 5) is 54.7. The number of hydrogen-bond donors (Lipinski definition) is 3. The van der Waals surface area contributed by atoms with Gasteiger partial charge in [-0.2, -0.15) is 0 Å². The molecule has 3 N–H and O–H groups in total. The van der Waals surface area contributed by atoms with Crippen molar-refractivity contribution in [2.45, 2.75) is 78.2 Å². The lowest BCUT2D eigenvalue weighted by Crippen LogP contribution is -2.55. The van der Waals surface area contributed by atoms with E-state index in [-0.39, 0.29) is 24.0 Å². The number of rotatable bonds is 3. The van der Waals surface area contributed by atoms with E-state index >= 15 is 0 Å². The van der Waals surface area contributed by atoms with Gasteiger partial charge in [0.25, 0.3) is 0 Å². The topological polar surface area (TPSA) is 158 Å². The Hall–Kier alpha value is -3.57. The van der Waals surface area contributed by atoms with Crippen LogP contribution in [0.25, 0.3) is 0 Å². The number of fused-ring (bicyclic) bond motifs is 2. The van der Waals surface area contributed by atoms with E-state index in [1.54, 1.807) is 26.8 Å². The van der Waals surface area contributed by atoms with E-state index in [2.05, 4.69) is 20.9 Å². The lowest BCUT2D eigenvalue weighted by molar-refractivity contribution is -0.127. The molecule has 3 amide bonds. The van der Waals surface area contributed by atoms with Gasteiger partial charge < -0.3 is 34.6 Å². The molecule has 0 aromatic carbocycles. The molecule has 0 fully saturated rings. The molecule has 1 aromatic rings. The van der Waals surface area contributed by atoms with Gasteiger partial charge in [-0.1, -0.05) is 26.0 Å². The van der Waals surface area contributed by atoms with Crippen molar-refractivity contribution in [1.29, 1.82) is 0 Å². The molecule has 3 atom stereocenters. The SMILES string of the molecule is COC(=O)c1nc2oc1CCC=CCNC(=O)O[C@H](C)[C@H](NC(=O)OC(C)(C)C)C(=O)N[C@H]2C(C)C. The maximum atomic E-state index is 13.4. The maximum absolute atomic E-state index is 13.4. The van der Waals surface area contributed by atoms with Crippen molar-refractivity contribution >= 4 is 24.1 Å². The second-order valence-electron chi connectivity index (χ2n) is 9.67. The summed E-state index contributed by atoms with van der Waals surface area (Å²) in [6.07, 6.45) is 1.70. The highest BCUT2D eigenvalue weighted by Crippen LogP contribution is 2.25. The molecule has 2 bridgehead atoms. The Labute approximate surface area is 210 Å². The van der Waals surface area contributed by atoms with E-state index in [9.17, 15) is 19.2 Å². The lowest BCUT2D eigenvalue weighted by atomic mass is 10.0. The predicted molar refractivity (Wildman–Crippen MR) is 128 cm³/mol. The summed E-state index contributed by atoms with van der Waals surface area (Å²) >= 11 is 0. The number of methoxy groups -OCH3 is 1. The Morgan fingerprint density at radius 1 is 1.22 bits per heavy atom. The molecule has 12 heteroatoms. The average Bonchev–Trinajstić information content (AvgIpc) is 3.18. The van der Waals surface area contributed by atoms with Gasteiger partial charge in [0.05, 0.1) is 7.11 Å². The quantitative estimate of drug-likeness (QED) is 0.317. The number of aromatic nitrogens is 1. The Morgan fingerprint density at radius 3 is 2.53 bits per heavy atom. The van der Waals surface area contributed by atoms with Crippen LogP contribution < -0.4 is 16.0 Å². The molecule has 36 heavy (non-hydrogen) atoms. The molecule has 1 aliphatic heterocycles. The van der Waals surface area contributed by atoms with Crippen molar-refractivity contribution in [3.63, 3.8) is 0 Å². The number of alkyl carbamates (subject to hydrolysis) is 2. The molecule has 0 saturated carbocycles. The molecule has 0 saturated heterocycles. The number of amides is 3. The minimum Gasteiger partial charge on any atom is -0.464 e. The van der Waals surface area contributed by atoms with Gasteiger partial charge in [-0.15, -0.1) is 0 Å². The molecule has 0 spiro atoms. The second kappa shape index (κ2) is 12.4. The van der Waals surface area contributed by atoms with Crippen LogP contribution in [0.15, 0.2) is 16.6 Å². The fraction of sp³-hybridized carbons (Fsp3) is 0.625. The molecule has 200 valence electrons. The predicted octanol–water partition coefficient (Wildman–Crippen LogP) is 2.78. The van der Waals surface area contributed by atoms with E-state index in [0.29, 0.717) is 18.6 Å². The molecule has 0 aliphatic carbocycles. The first kappa shape index (κ1) is 28.7. The summed E-state index contributed by atoms with van der Waals surface area (Å²) in [5.74, 6) is -1.10. The minimum atomic E-state index is -1.30. The summed E-state index contributed by atoms with van der Waals surface area (Å²) in [5.41, 5.74) is -0.787. The Kier molecular flexibility index (Phi) is 9.88. The van der Waals surface area contributed by atoms with Gasteiger partial charge in [0.2, 0.25) is 11.8 Å².